The Bertz CT molecular complexity index is 853. The van der Waals surface area contributed by atoms with E-state index in [2.05, 4.69) is 0 Å². The van der Waals surface area contributed by atoms with Crippen molar-refractivity contribution in [3.63, 3.8) is 0 Å². The molecular weight excluding hydrogens is 312 g/mol. The van der Waals surface area contributed by atoms with Crippen LogP contribution in [0, 0.1) is 0 Å². The molecule has 3 rings (SSSR count). The van der Waals surface area contributed by atoms with Crippen molar-refractivity contribution in [3.05, 3.63) is 59.2 Å². The number of Topliss-reactive ketones (excluding diaryl/α,β-unsaturated/α-hetero) is 1. The highest BCUT2D eigenvalue weighted by Gasteiger charge is 2.20. The monoisotopic (exact) mass is 330 g/mol. The van der Waals surface area contributed by atoms with Crippen LogP contribution in [0.5, 0.6) is 5.75 Å². The maximum atomic E-state index is 12.5. The molecule has 0 fully saturated rings. The van der Waals surface area contributed by atoms with Gasteiger partial charge in [-0.1, -0.05) is 18.2 Å². The van der Waals surface area contributed by atoms with Crippen molar-refractivity contribution in [2.75, 3.05) is 0 Å². The largest absolute Gasteiger partial charge is 0.379 e. The van der Waals surface area contributed by atoms with E-state index in [0.29, 0.717) is 5.56 Å². The van der Waals surface area contributed by atoms with E-state index >= 15 is 0 Å². The van der Waals surface area contributed by atoms with Crippen LogP contribution in [-0.2, 0) is 23.0 Å². The van der Waals surface area contributed by atoms with Crippen LogP contribution in [-0.4, -0.2) is 14.2 Å². The average Bonchev–Trinajstić information content (AvgIpc) is 2.54. The minimum Gasteiger partial charge on any atom is -0.379 e. The molecule has 0 spiro atoms. The number of aryl methyl sites for hydroxylation is 2. The first-order valence-electron chi connectivity index (χ1n) is 7.63. The molecule has 0 N–H and O–H groups in total. The van der Waals surface area contributed by atoms with Crippen LogP contribution in [0.15, 0.2) is 47.4 Å². The summed E-state index contributed by atoms with van der Waals surface area (Å²) in [6.07, 6.45) is 4.13. The number of hydrogen-bond acceptors (Lipinski definition) is 4. The van der Waals surface area contributed by atoms with Crippen molar-refractivity contribution in [1.82, 2.24) is 0 Å². The van der Waals surface area contributed by atoms with E-state index in [1.807, 2.05) is 6.07 Å². The lowest BCUT2D eigenvalue weighted by Gasteiger charge is -2.16. The van der Waals surface area contributed by atoms with Gasteiger partial charge in [0.05, 0.1) is 0 Å². The zero-order valence-electron chi connectivity index (χ0n) is 12.9. The Labute approximate surface area is 136 Å². The molecule has 0 radical (unpaired) electrons. The molecule has 23 heavy (non-hydrogen) atoms. The van der Waals surface area contributed by atoms with E-state index in [4.69, 9.17) is 4.18 Å². The molecule has 2 aromatic carbocycles. The summed E-state index contributed by atoms with van der Waals surface area (Å²) >= 11 is 0. The van der Waals surface area contributed by atoms with Gasteiger partial charge in [0, 0.05) is 5.56 Å². The number of hydrogen-bond donors (Lipinski definition) is 0. The standard InChI is InChI=1S/C18H18O4S/c1-13(19)15-7-4-8-17(11-15)22-23(20,21)18-10-9-14-5-2-3-6-16(14)12-18/h4,7-12H,2-3,5-6H2,1H3. The summed E-state index contributed by atoms with van der Waals surface area (Å²) < 4.78 is 30.1. The molecule has 0 aromatic heterocycles. The van der Waals surface area contributed by atoms with Gasteiger partial charge in [-0.2, -0.15) is 8.42 Å². The lowest BCUT2D eigenvalue weighted by atomic mass is 9.92. The first kappa shape index (κ1) is 15.7. The van der Waals surface area contributed by atoms with Crippen molar-refractivity contribution in [3.8, 4) is 5.75 Å². The van der Waals surface area contributed by atoms with Crippen molar-refractivity contribution in [2.45, 2.75) is 37.5 Å². The van der Waals surface area contributed by atoms with Gasteiger partial charge >= 0.3 is 10.1 Å². The fourth-order valence-electron chi connectivity index (χ4n) is 2.81. The Morgan fingerprint density at radius 2 is 1.74 bits per heavy atom. The van der Waals surface area contributed by atoms with Crippen molar-refractivity contribution >= 4 is 15.9 Å². The Balaban J connectivity index is 1.90. The van der Waals surface area contributed by atoms with Gasteiger partial charge in [-0.05, 0) is 68.0 Å². The lowest BCUT2D eigenvalue weighted by molar-refractivity contribution is 0.101. The summed E-state index contributed by atoms with van der Waals surface area (Å²) in [7, 11) is -3.90. The minimum atomic E-state index is -3.90. The van der Waals surface area contributed by atoms with Gasteiger partial charge in [-0.3, -0.25) is 4.79 Å². The van der Waals surface area contributed by atoms with Crippen molar-refractivity contribution in [1.29, 1.82) is 0 Å². The third-order valence-corrected chi connectivity index (χ3v) is 5.30. The van der Waals surface area contributed by atoms with Crippen LogP contribution in [0.4, 0.5) is 0 Å². The van der Waals surface area contributed by atoms with Gasteiger partial charge < -0.3 is 4.18 Å². The van der Waals surface area contributed by atoms with Crippen LogP contribution in [0.1, 0.15) is 41.3 Å². The van der Waals surface area contributed by atoms with E-state index in [-0.39, 0.29) is 16.4 Å². The quantitative estimate of drug-likeness (QED) is 0.635. The summed E-state index contributed by atoms with van der Waals surface area (Å²) in [6, 6.07) is 11.4. The summed E-state index contributed by atoms with van der Waals surface area (Å²) in [6.45, 7) is 1.43. The van der Waals surface area contributed by atoms with E-state index in [9.17, 15) is 13.2 Å². The number of rotatable bonds is 4. The topological polar surface area (TPSA) is 60.4 Å². The molecule has 5 heteroatoms. The zero-order valence-corrected chi connectivity index (χ0v) is 13.7. The van der Waals surface area contributed by atoms with Crippen LogP contribution in [0.25, 0.3) is 0 Å². The molecule has 4 nitrogen and oxygen atoms in total. The van der Waals surface area contributed by atoms with Gasteiger partial charge in [-0.25, -0.2) is 0 Å². The predicted octanol–water partition coefficient (Wildman–Crippen LogP) is 3.54. The lowest BCUT2D eigenvalue weighted by Crippen LogP contribution is -2.12. The maximum Gasteiger partial charge on any atom is 0.339 e. The fraction of sp³-hybridized carbons (Fsp3) is 0.278. The Hall–Kier alpha value is -2.14. The molecular formula is C18H18O4S. The highest BCUT2D eigenvalue weighted by molar-refractivity contribution is 7.87. The molecule has 0 heterocycles. The molecule has 1 aliphatic carbocycles. The van der Waals surface area contributed by atoms with Crippen LogP contribution in [0.2, 0.25) is 0 Å². The summed E-state index contributed by atoms with van der Waals surface area (Å²) in [5, 5.41) is 0. The summed E-state index contributed by atoms with van der Waals surface area (Å²) in [5.74, 6) is 0.0112. The van der Waals surface area contributed by atoms with Gasteiger partial charge in [-0.15, -0.1) is 0 Å². The first-order valence-corrected chi connectivity index (χ1v) is 9.04. The maximum absolute atomic E-state index is 12.5. The smallest absolute Gasteiger partial charge is 0.339 e. The highest BCUT2D eigenvalue weighted by atomic mass is 32.2. The van der Waals surface area contributed by atoms with Gasteiger partial charge in [0.2, 0.25) is 0 Å². The minimum absolute atomic E-state index is 0.137. The van der Waals surface area contributed by atoms with Crippen molar-refractivity contribution < 1.29 is 17.4 Å². The van der Waals surface area contributed by atoms with E-state index in [1.54, 1.807) is 24.3 Å². The predicted molar refractivity (Wildman–Crippen MR) is 87.3 cm³/mol. The Kier molecular flexibility index (Phi) is 4.22. The number of carbonyl (C=O) groups is 1. The average molecular weight is 330 g/mol. The SMILES string of the molecule is CC(=O)c1cccc(OS(=O)(=O)c2ccc3c(c2)CCCC3)c1. The normalized spacial score (nSPS) is 14.1. The molecule has 0 amide bonds. The third kappa shape index (κ3) is 3.45. The molecule has 0 saturated carbocycles. The van der Waals surface area contributed by atoms with Gasteiger partial charge in [0.15, 0.2) is 5.78 Å². The molecule has 1 aliphatic rings. The number of carbonyl (C=O) groups excluding carboxylic acids is 1. The molecule has 0 saturated heterocycles. The third-order valence-electron chi connectivity index (χ3n) is 4.06. The number of fused-ring (bicyclic) bond motifs is 1. The van der Waals surface area contributed by atoms with Crippen LogP contribution in [0.3, 0.4) is 0 Å². The van der Waals surface area contributed by atoms with E-state index in [0.717, 1.165) is 31.2 Å². The molecule has 120 valence electrons. The molecule has 0 atom stereocenters. The second kappa shape index (κ2) is 6.16. The Morgan fingerprint density at radius 1 is 1.00 bits per heavy atom. The summed E-state index contributed by atoms with van der Waals surface area (Å²) in [5.41, 5.74) is 2.72. The first-order chi connectivity index (χ1) is 11.0. The number of ketones is 1. The molecule has 0 bridgehead atoms. The number of benzene rings is 2. The van der Waals surface area contributed by atoms with Gasteiger partial charge in [0.1, 0.15) is 10.6 Å². The second-order valence-electron chi connectivity index (χ2n) is 5.76. The molecule has 2 aromatic rings. The van der Waals surface area contributed by atoms with E-state index < -0.39 is 10.1 Å². The Morgan fingerprint density at radius 3 is 2.48 bits per heavy atom. The zero-order chi connectivity index (χ0) is 16.4. The van der Waals surface area contributed by atoms with Crippen LogP contribution < -0.4 is 4.18 Å². The van der Waals surface area contributed by atoms with Crippen molar-refractivity contribution in [2.24, 2.45) is 0 Å². The van der Waals surface area contributed by atoms with E-state index in [1.165, 1.54) is 24.6 Å². The van der Waals surface area contributed by atoms with Gasteiger partial charge in [0.25, 0.3) is 0 Å². The molecule has 0 aliphatic heterocycles. The second-order valence-corrected chi connectivity index (χ2v) is 7.31. The van der Waals surface area contributed by atoms with Crippen LogP contribution >= 0.6 is 0 Å². The summed E-state index contributed by atoms with van der Waals surface area (Å²) in [4.78, 5) is 11.5. The fourth-order valence-corrected chi connectivity index (χ4v) is 3.78. The highest BCUT2D eigenvalue weighted by Crippen LogP contribution is 2.26. The molecule has 0 unspecified atom stereocenters.